The fourth-order valence-electron chi connectivity index (χ4n) is 0.647. The van der Waals surface area contributed by atoms with Crippen molar-refractivity contribution in [1.29, 1.82) is 5.26 Å². The molecule has 11 heavy (non-hydrogen) atoms. The van der Waals surface area contributed by atoms with Crippen molar-refractivity contribution in [3.05, 3.63) is 27.7 Å². The first-order chi connectivity index (χ1) is 5.16. The summed E-state index contributed by atoms with van der Waals surface area (Å²) in [5.74, 6) is -0.262. The molecule has 0 aliphatic rings. The average molecular weight is 188 g/mol. The predicted octanol–water partition coefficient (Wildman–Crippen LogP) is 2.57. The molecule has 0 heterocycles. The van der Waals surface area contributed by atoms with Crippen molar-refractivity contribution in [2.45, 2.75) is 0 Å². The van der Waals surface area contributed by atoms with Crippen molar-refractivity contribution in [2.75, 3.05) is 0 Å². The van der Waals surface area contributed by atoms with Gasteiger partial charge in [0.2, 0.25) is 0 Å². The second kappa shape index (κ2) is 3.00. The van der Waals surface area contributed by atoms with Crippen LogP contribution in [0.3, 0.4) is 0 Å². The maximum atomic E-state index is 9.14. The SMILES string of the molecule is N#Cc1c(Cl)ccc(Cl)c1O. The van der Waals surface area contributed by atoms with E-state index in [1.165, 1.54) is 12.1 Å². The van der Waals surface area contributed by atoms with Gasteiger partial charge in [-0.1, -0.05) is 23.2 Å². The minimum Gasteiger partial charge on any atom is -0.505 e. The molecule has 4 heteroatoms. The molecule has 0 saturated carbocycles. The Bertz CT molecular complexity index is 330. The minimum atomic E-state index is -0.262. The van der Waals surface area contributed by atoms with Gasteiger partial charge in [0.1, 0.15) is 11.6 Å². The normalized spacial score (nSPS) is 9.18. The summed E-state index contributed by atoms with van der Waals surface area (Å²) >= 11 is 11.1. The second-order valence-corrected chi connectivity index (χ2v) is 2.68. The van der Waals surface area contributed by atoms with Gasteiger partial charge in [0, 0.05) is 0 Å². The number of aromatic hydroxyl groups is 1. The third-order valence-corrected chi connectivity index (χ3v) is 1.81. The quantitative estimate of drug-likeness (QED) is 0.679. The first-order valence-electron chi connectivity index (χ1n) is 2.74. The molecule has 2 nitrogen and oxygen atoms in total. The van der Waals surface area contributed by atoms with Gasteiger partial charge in [0.25, 0.3) is 0 Å². The Hall–Kier alpha value is -0.910. The Kier molecular flexibility index (Phi) is 2.23. The van der Waals surface area contributed by atoms with E-state index in [1.807, 2.05) is 0 Å². The second-order valence-electron chi connectivity index (χ2n) is 1.86. The zero-order chi connectivity index (χ0) is 8.43. The molecule has 1 aromatic carbocycles. The fourth-order valence-corrected chi connectivity index (χ4v) is 1.000. The highest BCUT2D eigenvalue weighted by Gasteiger charge is 2.08. The van der Waals surface area contributed by atoms with E-state index in [0.29, 0.717) is 0 Å². The van der Waals surface area contributed by atoms with Gasteiger partial charge in [-0.15, -0.1) is 0 Å². The van der Waals surface area contributed by atoms with Gasteiger partial charge in [0.15, 0.2) is 5.75 Å². The molecule has 1 N–H and O–H groups in total. The van der Waals surface area contributed by atoms with E-state index in [0.717, 1.165) is 0 Å². The Morgan fingerprint density at radius 1 is 1.27 bits per heavy atom. The standard InChI is InChI=1S/C7H3Cl2NO/c8-5-1-2-6(9)7(11)4(5)3-10/h1-2,11H. The summed E-state index contributed by atoms with van der Waals surface area (Å²) < 4.78 is 0. The number of benzene rings is 1. The van der Waals surface area contributed by atoms with Crippen LogP contribution in [0.5, 0.6) is 5.75 Å². The summed E-state index contributed by atoms with van der Waals surface area (Å²) in [5, 5.41) is 17.9. The van der Waals surface area contributed by atoms with Crippen molar-refractivity contribution in [3.8, 4) is 11.8 Å². The maximum absolute atomic E-state index is 9.14. The predicted molar refractivity (Wildman–Crippen MR) is 42.8 cm³/mol. The first kappa shape index (κ1) is 8.19. The van der Waals surface area contributed by atoms with Crippen molar-refractivity contribution < 1.29 is 5.11 Å². The Balaban J connectivity index is 3.44. The number of phenols is 1. The minimum absolute atomic E-state index is 0.0131. The van der Waals surface area contributed by atoms with Crippen LogP contribution < -0.4 is 0 Å². The van der Waals surface area contributed by atoms with Crippen LogP contribution in [-0.4, -0.2) is 5.11 Å². The van der Waals surface area contributed by atoms with E-state index >= 15 is 0 Å². The van der Waals surface area contributed by atoms with E-state index in [1.54, 1.807) is 6.07 Å². The summed E-state index contributed by atoms with van der Waals surface area (Å²) in [6.45, 7) is 0. The molecule has 0 aromatic heterocycles. The molecule has 0 amide bonds. The lowest BCUT2D eigenvalue weighted by atomic mass is 10.2. The van der Waals surface area contributed by atoms with Crippen LogP contribution in [0.25, 0.3) is 0 Å². The lowest BCUT2D eigenvalue weighted by Gasteiger charge is -1.99. The van der Waals surface area contributed by atoms with E-state index < -0.39 is 0 Å². The van der Waals surface area contributed by atoms with Gasteiger partial charge in [-0.25, -0.2) is 0 Å². The lowest BCUT2D eigenvalue weighted by molar-refractivity contribution is 0.474. The number of rotatable bonds is 0. The van der Waals surface area contributed by atoms with Gasteiger partial charge in [-0.05, 0) is 12.1 Å². The number of hydrogen-bond donors (Lipinski definition) is 1. The highest BCUT2D eigenvalue weighted by molar-refractivity contribution is 6.35. The molecule has 0 spiro atoms. The zero-order valence-corrected chi connectivity index (χ0v) is 6.82. The van der Waals surface area contributed by atoms with Crippen LogP contribution in [0.1, 0.15) is 5.56 Å². The number of halogens is 2. The van der Waals surface area contributed by atoms with Crippen molar-refractivity contribution in [3.63, 3.8) is 0 Å². The first-order valence-corrected chi connectivity index (χ1v) is 3.49. The van der Waals surface area contributed by atoms with Gasteiger partial charge in [-0.2, -0.15) is 5.26 Å². The molecule has 1 aromatic rings. The van der Waals surface area contributed by atoms with E-state index in [9.17, 15) is 0 Å². The van der Waals surface area contributed by atoms with Crippen molar-refractivity contribution in [1.82, 2.24) is 0 Å². The zero-order valence-electron chi connectivity index (χ0n) is 5.31. The molecular formula is C7H3Cl2NO. The Labute approximate surface area is 73.6 Å². The lowest BCUT2D eigenvalue weighted by Crippen LogP contribution is -1.78. The third-order valence-electron chi connectivity index (χ3n) is 1.19. The molecule has 0 unspecified atom stereocenters. The van der Waals surface area contributed by atoms with Crippen LogP contribution in [0.15, 0.2) is 12.1 Å². The number of nitrogens with zero attached hydrogens (tertiary/aromatic N) is 1. The summed E-state index contributed by atoms with van der Waals surface area (Å²) in [7, 11) is 0. The highest BCUT2D eigenvalue weighted by atomic mass is 35.5. The molecule has 0 atom stereocenters. The van der Waals surface area contributed by atoms with Gasteiger partial charge in [-0.3, -0.25) is 0 Å². The third kappa shape index (κ3) is 1.40. The van der Waals surface area contributed by atoms with E-state index in [2.05, 4.69) is 0 Å². The van der Waals surface area contributed by atoms with Crippen molar-refractivity contribution in [2.24, 2.45) is 0 Å². The smallest absolute Gasteiger partial charge is 0.153 e. The van der Waals surface area contributed by atoms with Crippen LogP contribution >= 0.6 is 23.2 Å². The number of phenolic OH excluding ortho intramolecular Hbond substituents is 1. The van der Waals surface area contributed by atoms with Gasteiger partial charge >= 0.3 is 0 Å². The van der Waals surface area contributed by atoms with Gasteiger partial charge in [0.05, 0.1) is 10.0 Å². The molecule has 0 fully saturated rings. The Morgan fingerprint density at radius 3 is 2.27 bits per heavy atom. The number of nitriles is 1. The maximum Gasteiger partial charge on any atom is 0.153 e. The summed E-state index contributed by atoms with van der Waals surface area (Å²) in [6.07, 6.45) is 0. The van der Waals surface area contributed by atoms with Crippen LogP contribution in [0, 0.1) is 11.3 Å². The molecular weight excluding hydrogens is 185 g/mol. The highest BCUT2D eigenvalue weighted by Crippen LogP contribution is 2.31. The summed E-state index contributed by atoms with van der Waals surface area (Å²) in [6, 6.07) is 4.63. The van der Waals surface area contributed by atoms with E-state index in [4.69, 9.17) is 33.6 Å². The molecule has 0 bridgehead atoms. The average Bonchev–Trinajstić information content (AvgIpc) is 1.99. The topological polar surface area (TPSA) is 44.0 Å². The molecule has 1 rings (SSSR count). The molecule has 0 saturated heterocycles. The molecule has 0 aliphatic heterocycles. The van der Waals surface area contributed by atoms with Crippen LogP contribution in [-0.2, 0) is 0 Å². The van der Waals surface area contributed by atoms with Crippen molar-refractivity contribution >= 4 is 23.2 Å². The largest absolute Gasteiger partial charge is 0.505 e. The van der Waals surface area contributed by atoms with Gasteiger partial charge < -0.3 is 5.11 Å². The molecule has 56 valence electrons. The number of hydrogen-bond acceptors (Lipinski definition) is 2. The van der Waals surface area contributed by atoms with E-state index in [-0.39, 0.29) is 21.4 Å². The summed E-state index contributed by atoms with van der Waals surface area (Å²) in [5.41, 5.74) is 0.0131. The fraction of sp³-hybridized carbons (Fsp3) is 0. The monoisotopic (exact) mass is 187 g/mol. The van der Waals surface area contributed by atoms with Crippen LogP contribution in [0.4, 0.5) is 0 Å². The Morgan fingerprint density at radius 2 is 1.82 bits per heavy atom. The molecule has 0 radical (unpaired) electrons. The molecule has 0 aliphatic carbocycles. The summed E-state index contributed by atoms with van der Waals surface area (Å²) in [4.78, 5) is 0. The van der Waals surface area contributed by atoms with Crippen LogP contribution in [0.2, 0.25) is 10.0 Å².